The van der Waals surface area contributed by atoms with Gasteiger partial charge in [-0.3, -0.25) is 4.57 Å². The summed E-state index contributed by atoms with van der Waals surface area (Å²) in [5.74, 6) is 6.08. The van der Waals surface area contributed by atoms with Crippen molar-refractivity contribution in [2.24, 2.45) is 5.11 Å². The molecule has 0 aromatic carbocycles. The van der Waals surface area contributed by atoms with Gasteiger partial charge in [-0.25, -0.2) is 15.0 Å². The van der Waals surface area contributed by atoms with E-state index < -0.39 is 31.1 Å². The zero-order valence-electron chi connectivity index (χ0n) is 14.9. The van der Waals surface area contributed by atoms with Crippen LogP contribution < -0.4 is 5.73 Å². The highest BCUT2D eigenvalue weighted by molar-refractivity contribution is 5.82. The van der Waals surface area contributed by atoms with Crippen LogP contribution in [-0.4, -0.2) is 66.3 Å². The lowest BCUT2D eigenvalue weighted by atomic mass is 10.1. The third kappa shape index (κ3) is 3.99. The van der Waals surface area contributed by atoms with Crippen LogP contribution in [0.2, 0.25) is 0 Å². The average Bonchev–Trinajstić information content (AvgIpc) is 3.23. The van der Waals surface area contributed by atoms with Gasteiger partial charge in [-0.1, -0.05) is 11.0 Å². The van der Waals surface area contributed by atoms with Gasteiger partial charge in [-0.2, -0.15) is 0 Å². The molecular weight excluding hydrogens is 368 g/mol. The van der Waals surface area contributed by atoms with E-state index in [9.17, 15) is 15.3 Å². The molecule has 12 nitrogen and oxygen atoms in total. The third-order valence-corrected chi connectivity index (χ3v) is 4.31. The topological polar surface area (TPSA) is 188 Å². The van der Waals surface area contributed by atoms with Crippen LogP contribution in [0.4, 0.5) is 5.82 Å². The molecule has 0 radical (unpaired) electrons. The summed E-state index contributed by atoms with van der Waals surface area (Å²) in [6, 6.07) is 0. The zero-order chi connectivity index (χ0) is 20.1. The van der Waals surface area contributed by atoms with Crippen LogP contribution in [0.25, 0.3) is 21.6 Å². The second-order valence-corrected chi connectivity index (χ2v) is 6.20. The lowest BCUT2D eigenvalue weighted by Crippen LogP contribution is -2.33. The van der Waals surface area contributed by atoms with Gasteiger partial charge >= 0.3 is 0 Å². The summed E-state index contributed by atoms with van der Waals surface area (Å²) in [5, 5.41) is 32.9. The van der Waals surface area contributed by atoms with Gasteiger partial charge in [0.15, 0.2) is 17.7 Å². The normalized spacial score (nSPS) is 24.0. The molecule has 2 unspecified atom stereocenters. The summed E-state index contributed by atoms with van der Waals surface area (Å²) in [5.41, 5.74) is 14.8. The molecule has 1 fully saturated rings. The number of azide groups is 1. The molecule has 3 rings (SSSR count). The SMILES string of the molecule is [N-]=[N+]=NCCCCC#Cc1nc(N)c2ncn([C@@H]3O[C@H](CO)C(O)C3O)c2n1. The number of rotatable bonds is 6. The van der Waals surface area contributed by atoms with Gasteiger partial charge in [0.2, 0.25) is 5.82 Å². The first kappa shape index (κ1) is 19.8. The highest BCUT2D eigenvalue weighted by atomic mass is 16.6. The molecule has 28 heavy (non-hydrogen) atoms. The van der Waals surface area contributed by atoms with Gasteiger partial charge in [0.25, 0.3) is 0 Å². The summed E-state index contributed by atoms with van der Waals surface area (Å²) in [4.78, 5) is 15.3. The van der Waals surface area contributed by atoms with Crippen molar-refractivity contribution < 1.29 is 20.1 Å². The minimum absolute atomic E-state index is 0.128. The molecule has 0 spiro atoms. The number of nitrogens with zero attached hydrogens (tertiary/aromatic N) is 7. The van der Waals surface area contributed by atoms with Crippen molar-refractivity contribution in [2.45, 2.75) is 43.8 Å². The van der Waals surface area contributed by atoms with Gasteiger partial charge < -0.3 is 25.8 Å². The van der Waals surface area contributed by atoms with Gasteiger partial charge in [0.05, 0.1) is 12.9 Å². The van der Waals surface area contributed by atoms with Crippen LogP contribution in [0.5, 0.6) is 0 Å². The second kappa shape index (κ2) is 8.83. The number of nitrogens with two attached hydrogens (primary N) is 1. The number of hydrogen-bond donors (Lipinski definition) is 4. The first-order chi connectivity index (χ1) is 13.6. The number of imidazole rings is 1. The molecule has 12 heteroatoms. The van der Waals surface area contributed by atoms with Gasteiger partial charge in [-0.15, -0.1) is 0 Å². The number of anilines is 1. The molecule has 1 aliphatic heterocycles. The maximum Gasteiger partial charge on any atom is 0.208 e. The van der Waals surface area contributed by atoms with E-state index in [4.69, 9.17) is 16.0 Å². The third-order valence-electron chi connectivity index (χ3n) is 4.31. The lowest BCUT2D eigenvalue weighted by molar-refractivity contribution is -0.0511. The monoisotopic (exact) mass is 388 g/mol. The lowest BCUT2D eigenvalue weighted by Gasteiger charge is -2.16. The van der Waals surface area contributed by atoms with Crippen molar-refractivity contribution in [3.63, 3.8) is 0 Å². The van der Waals surface area contributed by atoms with Gasteiger partial charge in [0, 0.05) is 17.9 Å². The maximum absolute atomic E-state index is 10.2. The van der Waals surface area contributed by atoms with E-state index in [0.717, 1.165) is 12.8 Å². The second-order valence-electron chi connectivity index (χ2n) is 6.20. The molecule has 0 saturated carbocycles. The van der Waals surface area contributed by atoms with Crippen LogP contribution in [0.15, 0.2) is 11.4 Å². The van der Waals surface area contributed by atoms with Crippen molar-refractivity contribution in [2.75, 3.05) is 18.9 Å². The van der Waals surface area contributed by atoms with Crippen LogP contribution in [0.1, 0.15) is 31.3 Å². The summed E-state index contributed by atoms with van der Waals surface area (Å²) in [6.45, 7) is -0.00788. The van der Waals surface area contributed by atoms with E-state index in [1.807, 2.05) is 0 Å². The Labute approximate surface area is 159 Å². The maximum atomic E-state index is 10.2. The van der Waals surface area contributed by atoms with Gasteiger partial charge in [0.1, 0.15) is 23.8 Å². The number of aliphatic hydroxyl groups is 3. The van der Waals surface area contributed by atoms with Crippen molar-refractivity contribution in [1.29, 1.82) is 0 Å². The quantitative estimate of drug-likeness (QED) is 0.173. The molecule has 1 saturated heterocycles. The smallest absolute Gasteiger partial charge is 0.208 e. The Morgan fingerprint density at radius 1 is 1.32 bits per heavy atom. The summed E-state index contributed by atoms with van der Waals surface area (Å²) < 4.78 is 6.95. The Hall–Kier alpha value is -2.94. The Bertz CT molecular complexity index is 945. The van der Waals surface area contributed by atoms with E-state index in [-0.39, 0.29) is 11.6 Å². The predicted molar refractivity (Wildman–Crippen MR) is 97.5 cm³/mol. The van der Waals surface area contributed by atoms with Crippen molar-refractivity contribution in [3.05, 3.63) is 22.6 Å². The van der Waals surface area contributed by atoms with Crippen molar-refractivity contribution in [3.8, 4) is 11.8 Å². The fourth-order valence-corrected chi connectivity index (χ4v) is 2.87. The molecule has 4 atom stereocenters. The number of hydrogen-bond acceptors (Lipinski definition) is 9. The minimum Gasteiger partial charge on any atom is -0.394 e. The highest BCUT2D eigenvalue weighted by Gasteiger charge is 2.44. The average molecular weight is 388 g/mol. The number of nitrogen functional groups attached to an aromatic ring is 1. The summed E-state index contributed by atoms with van der Waals surface area (Å²) >= 11 is 0. The number of aromatic nitrogens is 4. The summed E-state index contributed by atoms with van der Waals surface area (Å²) in [7, 11) is 0. The number of ether oxygens (including phenoxy) is 1. The van der Waals surface area contributed by atoms with E-state index in [1.54, 1.807) is 0 Å². The molecule has 5 N–H and O–H groups in total. The molecule has 2 aromatic heterocycles. The molecule has 2 aromatic rings. The van der Waals surface area contributed by atoms with E-state index in [0.29, 0.717) is 24.1 Å². The fourth-order valence-electron chi connectivity index (χ4n) is 2.87. The molecule has 0 amide bonds. The van der Waals surface area contributed by atoms with Gasteiger partial charge in [-0.05, 0) is 24.3 Å². The molecule has 0 aliphatic carbocycles. The van der Waals surface area contributed by atoms with Crippen molar-refractivity contribution in [1.82, 2.24) is 19.5 Å². The van der Waals surface area contributed by atoms with Crippen LogP contribution in [-0.2, 0) is 4.74 Å². The molecule has 148 valence electrons. The predicted octanol–water partition coefficient (Wildman–Crippen LogP) is -0.148. The summed E-state index contributed by atoms with van der Waals surface area (Å²) in [6.07, 6.45) is -0.940. The van der Waals surface area contributed by atoms with Crippen LogP contribution in [0.3, 0.4) is 0 Å². The number of unbranched alkanes of at least 4 members (excludes halogenated alkanes) is 2. The Morgan fingerprint density at radius 2 is 2.14 bits per heavy atom. The molecule has 3 heterocycles. The van der Waals surface area contributed by atoms with Crippen molar-refractivity contribution >= 4 is 17.0 Å². The Balaban J connectivity index is 1.81. The van der Waals surface area contributed by atoms with E-state index >= 15 is 0 Å². The minimum atomic E-state index is -1.27. The van der Waals surface area contributed by atoms with Crippen LogP contribution in [0, 0.1) is 11.8 Å². The first-order valence-corrected chi connectivity index (χ1v) is 8.69. The zero-order valence-corrected chi connectivity index (χ0v) is 14.9. The molecule has 1 aliphatic rings. The Kier molecular flexibility index (Phi) is 6.25. The largest absolute Gasteiger partial charge is 0.394 e. The Morgan fingerprint density at radius 3 is 2.86 bits per heavy atom. The fraction of sp³-hybridized carbons (Fsp3) is 0.562. The number of aliphatic hydroxyl groups excluding tert-OH is 3. The van der Waals surface area contributed by atoms with E-state index in [1.165, 1.54) is 10.9 Å². The highest BCUT2D eigenvalue weighted by Crippen LogP contribution is 2.31. The first-order valence-electron chi connectivity index (χ1n) is 8.69. The standard InChI is InChI=1S/C16H20N8O4/c17-14-11-15(22-10(21-14)5-3-1-2-4-6-20-23-18)24(8-19-11)16-13(27)12(26)9(7-25)28-16/h8-9,12-13,16,25-27H,1-2,4,6-7H2,(H2,17,21,22)/t9-,12?,13?,16-/m1/s1. The molecule has 0 bridgehead atoms. The van der Waals surface area contributed by atoms with Crippen LogP contribution >= 0.6 is 0 Å². The number of fused-ring (bicyclic) bond motifs is 1. The van der Waals surface area contributed by atoms with E-state index in [2.05, 4.69) is 36.8 Å². The molecular formula is C16H20N8O4.